The molecule has 4 rings (SSSR count). The molecule has 3 heterocycles. The van der Waals surface area contributed by atoms with Gasteiger partial charge in [-0.1, -0.05) is 58.7 Å². The Bertz CT molecular complexity index is 1810. The number of nitrogens with zero attached hydrogens (tertiary/aromatic N) is 6. The standard InChI is InChI=1S/C41H66N9O6PSi/c1-13-32-34(55-57(53-26-25-42-10)50(28(2)3)29(4)5)35(56-58(11,12)41(7,8)9)39(54-32)49-37-33(47-40(49)44-24-20-15-14-19-23-43-30(6)51)36(45-27-46-37)48-38(52)31-21-17-16-18-22-31/h16-18,21-22,27-29,32,34-35,39H,13-15,19-20,23-26H2,1-9,11-12H3,(H,43,51)(H,44,47)(H,45,46,48,52)/t32-,34?,35+,39-,57?/m1/s1. The van der Waals surface area contributed by atoms with Gasteiger partial charge in [0.05, 0.1) is 6.10 Å². The lowest BCUT2D eigenvalue weighted by molar-refractivity contribution is -0.118. The molecule has 1 aliphatic heterocycles. The maximum absolute atomic E-state index is 13.4. The van der Waals surface area contributed by atoms with Gasteiger partial charge in [-0.15, -0.1) is 0 Å². The van der Waals surface area contributed by atoms with E-state index in [1.807, 2.05) is 22.8 Å². The van der Waals surface area contributed by atoms with Gasteiger partial charge in [0.1, 0.15) is 25.1 Å². The number of benzene rings is 1. The van der Waals surface area contributed by atoms with Gasteiger partial charge >= 0.3 is 0 Å². The van der Waals surface area contributed by atoms with E-state index in [0.717, 1.165) is 25.7 Å². The minimum atomic E-state index is -2.49. The number of carbonyl (C=O) groups is 2. The van der Waals surface area contributed by atoms with Gasteiger partial charge in [-0.2, -0.15) is 0 Å². The third-order valence-electron chi connectivity index (χ3n) is 10.5. The van der Waals surface area contributed by atoms with Gasteiger partial charge < -0.3 is 39.0 Å². The molecule has 2 aromatic heterocycles. The quantitative estimate of drug-likeness (QED) is 0.0385. The molecule has 0 bridgehead atoms. The summed E-state index contributed by atoms with van der Waals surface area (Å²) in [5.74, 6) is 0.452. The fourth-order valence-corrected chi connectivity index (χ4v) is 9.65. The Morgan fingerprint density at radius 1 is 1.03 bits per heavy atom. The zero-order chi connectivity index (χ0) is 42.6. The monoisotopic (exact) mass is 839 g/mol. The van der Waals surface area contributed by atoms with Crippen LogP contribution in [-0.4, -0.2) is 101 Å². The van der Waals surface area contributed by atoms with Crippen LogP contribution in [0.3, 0.4) is 0 Å². The average Bonchev–Trinajstić information content (AvgIpc) is 3.69. The van der Waals surface area contributed by atoms with Crippen molar-refractivity contribution in [2.24, 2.45) is 0 Å². The molecule has 320 valence electrons. The summed E-state index contributed by atoms with van der Waals surface area (Å²) in [4.78, 5) is 42.5. The van der Waals surface area contributed by atoms with Crippen molar-refractivity contribution in [3.8, 4) is 0 Å². The van der Waals surface area contributed by atoms with E-state index < -0.39 is 35.3 Å². The number of imidazole rings is 1. The number of aromatic nitrogens is 4. The number of nitrogens with one attached hydrogen (secondary N) is 3. The maximum atomic E-state index is 13.4. The number of amides is 2. The largest absolute Gasteiger partial charge is 0.407 e. The normalized spacial score (nSPS) is 19.2. The molecule has 0 saturated carbocycles. The van der Waals surface area contributed by atoms with Gasteiger partial charge in [0, 0.05) is 37.7 Å². The molecule has 1 saturated heterocycles. The van der Waals surface area contributed by atoms with E-state index in [1.54, 1.807) is 12.1 Å². The topological polar surface area (TPSA) is 158 Å². The van der Waals surface area contributed by atoms with E-state index in [1.165, 1.54) is 13.3 Å². The number of unbranched alkanes of at least 4 members (excludes halogenated alkanes) is 3. The lowest BCUT2D eigenvalue weighted by Gasteiger charge is -2.42. The van der Waals surface area contributed by atoms with Crippen molar-refractivity contribution in [2.75, 3.05) is 36.9 Å². The molecular weight excluding hydrogens is 774 g/mol. The Labute approximate surface area is 347 Å². The first-order chi connectivity index (χ1) is 27.5. The van der Waals surface area contributed by atoms with Crippen LogP contribution in [0.4, 0.5) is 11.8 Å². The molecule has 58 heavy (non-hydrogen) atoms. The van der Waals surface area contributed by atoms with Gasteiger partial charge in [0.2, 0.25) is 18.4 Å². The molecule has 1 aliphatic rings. The van der Waals surface area contributed by atoms with Crippen molar-refractivity contribution in [1.82, 2.24) is 29.5 Å². The van der Waals surface area contributed by atoms with Crippen LogP contribution in [0.1, 0.15) is 111 Å². The van der Waals surface area contributed by atoms with Crippen molar-refractivity contribution in [1.29, 1.82) is 0 Å². The van der Waals surface area contributed by atoms with Crippen LogP contribution in [0.25, 0.3) is 16.0 Å². The predicted octanol–water partition coefficient (Wildman–Crippen LogP) is 8.55. The summed E-state index contributed by atoms with van der Waals surface area (Å²) in [7, 11) is -4.11. The van der Waals surface area contributed by atoms with Crippen LogP contribution in [0.15, 0.2) is 36.7 Å². The fraction of sp³-hybridized carbons (Fsp3) is 0.659. The van der Waals surface area contributed by atoms with Crippen LogP contribution >= 0.6 is 8.53 Å². The van der Waals surface area contributed by atoms with Crippen molar-refractivity contribution in [3.05, 3.63) is 53.6 Å². The predicted molar refractivity (Wildman–Crippen MR) is 233 cm³/mol. The number of hydrogen-bond donors (Lipinski definition) is 3. The van der Waals surface area contributed by atoms with E-state index in [0.29, 0.717) is 42.2 Å². The SMILES string of the molecule is [C-]#[N+]CCOP(OC1[C@@H](CC)O[C@@H](n2c(NCCCCCCNC(C)=O)nc3c(NC(=O)c4ccccc4)ncnc32)[C@H]1O[Si](C)(C)C(C)(C)C)N(C(C)C)C(C)C. The minimum Gasteiger partial charge on any atom is -0.407 e. The second-order valence-electron chi connectivity index (χ2n) is 16.8. The lowest BCUT2D eigenvalue weighted by Crippen LogP contribution is -2.49. The van der Waals surface area contributed by atoms with E-state index >= 15 is 0 Å². The van der Waals surface area contributed by atoms with Gasteiger partial charge in [0.25, 0.3) is 14.4 Å². The fourth-order valence-electron chi connectivity index (χ4n) is 6.61. The first-order valence-electron chi connectivity index (χ1n) is 20.6. The van der Waals surface area contributed by atoms with Gasteiger partial charge in [-0.3, -0.25) is 14.2 Å². The van der Waals surface area contributed by atoms with Gasteiger partial charge in [0.15, 0.2) is 31.5 Å². The molecule has 1 fully saturated rings. The zero-order valence-electron chi connectivity index (χ0n) is 36.4. The highest BCUT2D eigenvalue weighted by molar-refractivity contribution is 7.44. The maximum Gasteiger partial charge on any atom is 0.259 e. The highest BCUT2D eigenvalue weighted by Gasteiger charge is 2.53. The molecule has 1 aromatic carbocycles. The molecule has 15 nitrogen and oxygen atoms in total. The summed E-state index contributed by atoms with van der Waals surface area (Å²) in [5.41, 5.74) is 1.37. The van der Waals surface area contributed by atoms with Crippen LogP contribution in [-0.2, 0) is 23.0 Å². The average molecular weight is 840 g/mol. The number of ether oxygens (including phenoxy) is 1. The highest BCUT2D eigenvalue weighted by Crippen LogP contribution is 2.52. The van der Waals surface area contributed by atoms with Crippen LogP contribution in [0.2, 0.25) is 18.1 Å². The Hall–Kier alpha value is -3.55. The number of fused-ring (bicyclic) bond motifs is 1. The molecule has 3 aromatic rings. The highest BCUT2D eigenvalue weighted by atomic mass is 31.2. The van der Waals surface area contributed by atoms with Crippen LogP contribution in [0, 0.1) is 6.57 Å². The molecule has 0 aliphatic carbocycles. The number of hydrogen-bond acceptors (Lipinski definition) is 11. The first-order valence-corrected chi connectivity index (χ1v) is 24.7. The number of carbonyl (C=O) groups excluding carboxylic acids is 2. The Balaban J connectivity index is 1.81. The summed E-state index contributed by atoms with van der Waals surface area (Å²) >= 11 is 0. The molecule has 5 atom stereocenters. The Morgan fingerprint density at radius 3 is 2.31 bits per heavy atom. The van der Waals surface area contributed by atoms with Crippen molar-refractivity contribution < 1.29 is 27.8 Å². The molecule has 17 heteroatoms. The van der Waals surface area contributed by atoms with Gasteiger partial charge in [-0.25, -0.2) is 26.2 Å². The van der Waals surface area contributed by atoms with Crippen LogP contribution in [0.5, 0.6) is 0 Å². The molecular formula is C41H66N9O6PSi. The third-order valence-corrected chi connectivity index (χ3v) is 17.2. The van der Waals surface area contributed by atoms with Crippen molar-refractivity contribution >= 4 is 51.6 Å². The Morgan fingerprint density at radius 2 is 1.71 bits per heavy atom. The molecule has 0 radical (unpaired) electrons. The van der Waals surface area contributed by atoms with Crippen LogP contribution < -0.4 is 16.0 Å². The van der Waals surface area contributed by atoms with E-state index in [2.05, 4.69) is 98.9 Å². The summed E-state index contributed by atoms with van der Waals surface area (Å²) in [6.07, 6.45) is 3.47. The third kappa shape index (κ3) is 12.3. The molecule has 3 N–H and O–H groups in total. The minimum absolute atomic E-state index is 0.0210. The summed E-state index contributed by atoms with van der Waals surface area (Å²) in [6, 6.07) is 9.19. The van der Waals surface area contributed by atoms with Crippen molar-refractivity contribution in [3.63, 3.8) is 0 Å². The molecule has 2 amide bonds. The molecule has 2 unspecified atom stereocenters. The Kier molecular flexibility index (Phi) is 17.6. The second-order valence-corrected chi connectivity index (χ2v) is 22.9. The van der Waals surface area contributed by atoms with E-state index in [-0.39, 0.29) is 54.0 Å². The summed E-state index contributed by atoms with van der Waals surface area (Å²) in [5, 5.41) is 9.25. The first kappa shape index (κ1) is 47.1. The number of rotatable bonds is 22. The van der Waals surface area contributed by atoms with Gasteiger partial charge in [-0.05, 0) is 77.2 Å². The van der Waals surface area contributed by atoms with Crippen molar-refractivity contribution in [2.45, 2.75) is 149 Å². The summed E-state index contributed by atoms with van der Waals surface area (Å²) in [6.45, 7) is 32.3. The smallest absolute Gasteiger partial charge is 0.259 e. The van der Waals surface area contributed by atoms with E-state index in [9.17, 15) is 9.59 Å². The summed E-state index contributed by atoms with van der Waals surface area (Å²) < 4.78 is 32.2. The second kappa shape index (κ2) is 21.6. The number of anilines is 2. The van der Waals surface area contributed by atoms with E-state index in [4.69, 9.17) is 34.8 Å². The lowest BCUT2D eigenvalue weighted by atomic mass is 10.1. The molecule has 0 spiro atoms. The zero-order valence-corrected chi connectivity index (χ0v) is 38.3.